The van der Waals surface area contributed by atoms with Crippen LogP contribution in [0.25, 0.3) is 0 Å². The van der Waals surface area contributed by atoms with Gasteiger partial charge in [0.25, 0.3) is 0 Å². The number of nitrogens with one attached hydrogen (secondary N) is 1. The highest BCUT2D eigenvalue weighted by Crippen LogP contribution is 2.41. The fraction of sp³-hybridized carbons (Fsp3) is 1.00. The molecule has 0 spiro atoms. The summed E-state index contributed by atoms with van der Waals surface area (Å²) in [6.45, 7) is 9.50. The van der Waals surface area contributed by atoms with Gasteiger partial charge in [0.15, 0.2) is 0 Å². The van der Waals surface area contributed by atoms with E-state index in [9.17, 15) is 0 Å². The van der Waals surface area contributed by atoms with E-state index in [-0.39, 0.29) is 0 Å². The van der Waals surface area contributed by atoms with Crippen LogP contribution in [0.15, 0.2) is 0 Å². The molecule has 1 fully saturated rings. The van der Waals surface area contributed by atoms with Crippen LogP contribution in [-0.4, -0.2) is 24.1 Å². The van der Waals surface area contributed by atoms with E-state index in [1.54, 1.807) is 0 Å². The third-order valence-electron chi connectivity index (χ3n) is 3.64. The summed E-state index contributed by atoms with van der Waals surface area (Å²) in [6, 6.07) is 1.46. The molecule has 2 heteroatoms. The summed E-state index contributed by atoms with van der Waals surface area (Å²) >= 11 is 1.96. The van der Waals surface area contributed by atoms with Crippen LogP contribution in [0.3, 0.4) is 0 Å². The predicted octanol–water partition coefficient (Wildman–Crippen LogP) is 3.54. The molecular formula is C13H27NS. The Hall–Kier alpha value is 0.310. The van der Waals surface area contributed by atoms with E-state index >= 15 is 0 Å². The lowest BCUT2D eigenvalue weighted by atomic mass is 9.91. The van der Waals surface area contributed by atoms with E-state index in [0.29, 0.717) is 11.5 Å². The fourth-order valence-corrected chi connectivity index (χ4v) is 3.64. The van der Waals surface area contributed by atoms with E-state index in [1.165, 1.54) is 25.0 Å². The van der Waals surface area contributed by atoms with Crippen molar-refractivity contribution in [2.45, 2.75) is 59.0 Å². The Balaban J connectivity index is 2.44. The van der Waals surface area contributed by atoms with Gasteiger partial charge in [-0.15, -0.1) is 0 Å². The topological polar surface area (TPSA) is 12.0 Å². The third kappa shape index (κ3) is 3.99. The van der Waals surface area contributed by atoms with Crippen LogP contribution >= 0.6 is 11.8 Å². The fourth-order valence-electron chi connectivity index (χ4n) is 2.90. The molecule has 1 aliphatic rings. The Bertz CT molecular complexity index is 191. The molecule has 0 bridgehead atoms. The molecule has 0 heterocycles. The number of hydrogen-bond donors (Lipinski definition) is 1. The van der Waals surface area contributed by atoms with Crippen LogP contribution in [0.1, 0.15) is 47.0 Å². The molecule has 1 rings (SSSR count). The van der Waals surface area contributed by atoms with Crippen LogP contribution in [0.2, 0.25) is 0 Å². The van der Waals surface area contributed by atoms with Crippen molar-refractivity contribution in [2.75, 3.05) is 12.0 Å². The quantitative estimate of drug-likeness (QED) is 0.774. The van der Waals surface area contributed by atoms with Crippen LogP contribution < -0.4 is 5.32 Å². The highest BCUT2D eigenvalue weighted by molar-refractivity contribution is 7.98. The first-order chi connectivity index (χ1) is 6.98. The minimum Gasteiger partial charge on any atom is -0.310 e. The third-order valence-corrected chi connectivity index (χ3v) is 4.38. The second kappa shape index (κ2) is 5.58. The summed E-state index contributed by atoms with van der Waals surface area (Å²) in [7, 11) is 0. The van der Waals surface area contributed by atoms with Crippen molar-refractivity contribution < 1.29 is 0 Å². The lowest BCUT2D eigenvalue weighted by Gasteiger charge is -2.24. The van der Waals surface area contributed by atoms with Crippen molar-refractivity contribution >= 4 is 11.8 Å². The molecule has 0 aromatic rings. The number of thioether (sulfide) groups is 1. The van der Waals surface area contributed by atoms with Crippen molar-refractivity contribution in [1.29, 1.82) is 0 Å². The van der Waals surface area contributed by atoms with E-state index in [0.717, 1.165) is 12.0 Å². The zero-order valence-electron chi connectivity index (χ0n) is 11.0. The van der Waals surface area contributed by atoms with Crippen molar-refractivity contribution in [3.8, 4) is 0 Å². The van der Waals surface area contributed by atoms with E-state index in [2.05, 4.69) is 39.3 Å². The average molecular weight is 229 g/mol. The van der Waals surface area contributed by atoms with Crippen LogP contribution in [-0.2, 0) is 0 Å². The molecule has 0 radical (unpaired) electrons. The molecule has 90 valence electrons. The molecule has 1 aliphatic carbocycles. The molecule has 1 nitrogen and oxygen atoms in total. The van der Waals surface area contributed by atoms with Crippen molar-refractivity contribution in [2.24, 2.45) is 11.3 Å². The normalized spacial score (nSPS) is 31.8. The minimum absolute atomic E-state index is 0.550. The van der Waals surface area contributed by atoms with Gasteiger partial charge in [0.05, 0.1) is 0 Å². The van der Waals surface area contributed by atoms with Gasteiger partial charge in [-0.3, -0.25) is 0 Å². The molecule has 3 atom stereocenters. The lowest BCUT2D eigenvalue weighted by Crippen LogP contribution is -2.41. The molecule has 15 heavy (non-hydrogen) atoms. The Labute approximate surface area is 99.8 Å². The standard InChI is InChI=1S/C13H27NS/c1-6-11(9-15-5)14-12-8-13(3,4)7-10(12)2/h10-12,14H,6-9H2,1-5H3. The smallest absolute Gasteiger partial charge is 0.0158 e. The van der Waals surface area contributed by atoms with E-state index in [1.807, 2.05) is 11.8 Å². The van der Waals surface area contributed by atoms with E-state index in [4.69, 9.17) is 0 Å². The number of rotatable bonds is 5. The molecule has 0 aliphatic heterocycles. The summed E-state index contributed by atoms with van der Waals surface area (Å²) in [6.07, 6.45) is 6.18. The van der Waals surface area contributed by atoms with Gasteiger partial charge < -0.3 is 5.32 Å². The lowest BCUT2D eigenvalue weighted by molar-refractivity contribution is 0.354. The molecule has 0 saturated heterocycles. The zero-order chi connectivity index (χ0) is 11.5. The Kier molecular flexibility index (Phi) is 4.98. The predicted molar refractivity (Wildman–Crippen MR) is 71.6 cm³/mol. The van der Waals surface area contributed by atoms with Crippen molar-refractivity contribution in [1.82, 2.24) is 5.32 Å². The Morgan fingerprint density at radius 1 is 1.40 bits per heavy atom. The largest absolute Gasteiger partial charge is 0.310 e. The summed E-state index contributed by atoms with van der Waals surface area (Å²) in [5.41, 5.74) is 0.550. The highest BCUT2D eigenvalue weighted by Gasteiger charge is 2.36. The molecule has 1 N–H and O–H groups in total. The molecule has 0 amide bonds. The zero-order valence-corrected chi connectivity index (χ0v) is 11.8. The molecule has 0 aromatic carbocycles. The van der Waals surface area contributed by atoms with Crippen LogP contribution in [0, 0.1) is 11.3 Å². The first kappa shape index (κ1) is 13.4. The van der Waals surface area contributed by atoms with Gasteiger partial charge in [0.2, 0.25) is 0 Å². The maximum atomic E-state index is 3.85. The average Bonchev–Trinajstić information content (AvgIpc) is 2.39. The second-order valence-electron chi connectivity index (χ2n) is 5.88. The summed E-state index contributed by atoms with van der Waals surface area (Å²) in [5, 5.41) is 3.85. The summed E-state index contributed by atoms with van der Waals surface area (Å²) in [5.74, 6) is 2.09. The molecule has 3 unspecified atom stereocenters. The van der Waals surface area contributed by atoms with Gasteiger partial charge in [-0.25, -0.2) is 0 Å². The maximum Gasteiger partial charge on any atom is 0.0158 e. The second-order valence-corrected chi connectivity index (χ2v) is 6.79. The minimum atomic E-state index is 0.550. The Morgan fingerprint density at radius 3 is 2.47 bits per heavy atom. The maximum absolute atomic E-state index is 3.85. The van der Waals surface area contributed by atoms with Crippen molar-refractivity contribution in [3.05, 3.63) is 0 Å². The monoisotopic (exact) mass is 229 g/mol. The number of hydrogen-bond acceptors (Lipinski definition) is 2. The molecular weight excluding hydrogens is 202 g/mol. The summed E-state index contributed by atoms with van der Waals surface area (Å²) < 4.78 is 0. The van der Waals surface area contributed by atoms with Gasteiger partial charge >= 0.3 is 0 Å². The van der Waals surface area contributed by atoms with Crippen LogP contribution in [0.4, 0.5) is 0 Å². The SMILES string of the molecule is CCC(CSC)NC1CC(C)(C)CC1C. The molecule has 0 aromatic heterocycles. The summed E-state index contributed by atoms with van der Waals surface area (Å²) in [4.78, 5) is 0. The van der Waals surface area contributed by atoms with Crippen LogP contribution in [0.5, 0.6) is 0 Å². The van der Waals surface area contributed by atoms with E-state index < -0.39 is 0 Å². The van der Waals surface area contributed by atoms with Gasteiger partial charge in [-0.2, -0.15) is 11.8 Å². The Morgan fingerprint density at radius 2 is 2.07 bits per heavy atom. The highest BCUT2D eigenvalue weighted by atomic mass is 32.2. The van der Waals surface area contributed by atoms with Gasteiger partial charge in [0, 0.05) is 17.8 Å². The van der Waals surface area contributed by atoms with Crippen molar-refractivity contribution in [3.63, 3.8) is 0 Å². The molecule has 1 saturated carbocycles. The van der Waals surface area contributed by atoms with Gasteiger partial charge in [-0.1, -0.05) is 27.7 Å². The van der Waals surface area contributed by atoms with Gasteiger partial charge in [0.1, 0.15) is 0 Å². The first-order valence-corrected chi connectivity index (χ1v) is 7.63. The first-order valence-electron chi connectivity index (χ1n) is 6.23. The van der Waals surface area contributed by atoms with Gasteiger partial charge in [-0.05, 0) is 36.9 Å².